The van der Waals surface area contributed by atoms with Gasteiger partial charge in [0.05, 0.1) is 49.8 Å². The molecule has 3 aromatic carbocycles. The van der Waals surface area contributed by atoms with Gasteiger partial charge in [0.15, 0.2) is 11.0 Å². The molecule has 252 valence electrons. The molecule has 3 heterocycles. The Hall–Kier alpha value is -5.14. The van der Waals surface area contributed by atoms with Crippen LogP contribution in [0.5, 0.6) is 17.2 Å². The molecule has 0 saturated carbocycles. The summed E-state index contributed by atoms with van der Waals surface area (Å²) in [6, 6.07) is 24.5. The lowest BCUT2D eigenvalue weighted by Gasteiger charge is -2.22. The Morgan fingerprint density at radius 3 is 2.35 bits per heavy atom. The van der Waals surface area contributed by atoms with E-state index < -0.39 is 0 Å². The Morgan fingerprint density at radius 2 is 1.69 bits per heavy atom. The van der Waals surface area contributed by atoms with Gasteiger partial charge in [-0.15, -0.1) is 21.5 Å². The number of rotatable bonds is 13. The van der Waals surface area contributed by atoms with E-state index in [1.165, 1.54) is 26.0 Å². The van der Waals surface area contributed by atoms with E-state index in [0.29, 0.717) is 41.1 Å². The normalized spacial score (nSPS) is 14.0. The van der Waals surface area contributed by atoms with Crippen molar-refractivity contribution in [3.8, 4) is 22.9 Å². The number of methoxy groups -OCH3 is 2. The second kappa shape index (κ2) is 15.4. The Balaban J connectivity index is 1.24. The number of thioether (sulfide) groups is 1. The molecule has 0 aliphatic carbocycles. The summed E-state index contributed by atoms with van der Waals surface area (Å²) in [5.74, 6) is 1.80. The number of amides is 2. The molecule has 49 heavy (non-hydrogen) atoms. The SMILES string of the molecule is CCOc1ccc(-n2c(CNC(=O)c3cc(OC)cc(OC)c3)nnc2SCC(=O)N2N=C(c3cccs3)C[C@@H]2c2ccc(C)cc2)cc1. The predicted molar refractivity (Wildman–Crippen MR) is 190 cm³/mol. The largest absolute Gasteiger partial charge is 0.497 e. The van der Waals surface area contributed by atoms with Gasteiger partial charge in [-0.2, -0.15) is 5.10 Å². The van der Waals surface area contributed by atoms with Gasteiger partial charge in [-0.25, -0.2) is 5.01 Å². The third-order valence-corrected chi connectivity index (χ3v) is 9.72. The lowest BCUT2D eigenvalue weighted by molar-refractivity contribution is -0.130. The van der Waals surface area contributed by atoms with Crippen molar-refractivity contribution in [2.45, 2.75) is 38.0 Å². The predicted octanol–water partition coefficient (Wildman–Crippen LogP) is 6.45. The van der Waals surface area contributed by atoms with Gasteiger partial charge in [0.2, 0.25) is 0 Å². The Bertz CT molecular complexity index is 1920. The van der Waals surface area contributed by atoms with Crippen LogP contribution in [0.1, 0.15) is 51.6 Å². The van der Waals surface area contributed by atoms with E-state index in [9.17, 15) is 9.59 Å². The molecule has 1 aliphatic heterocycles. The molecule has 0 fully saturated rings. The zero-order valence-electron chi connectivity index (χ0n) is 27.6. The molecule has 1 aliphatic rings. The summed E-state index contributed by atoms with van der Waals surface area (Å²) in [5, 5.41) is 20.7. The zero-order valence-corrected chi connectivity index (χ0v) is 29.2. The summed E-state index contributed by atoms with van der Waals surface area (Å²) in [7, 11) is 3.06. The first-order valence-electron chi connectivity index (χ1n) is 15.7. The number of aromatic nitrogens is 3. The summed E-state index contributed by atoms with van der Waals surface area (Å²) in [4.78, 5) is 28.1. The molecule has 2 amide bonds. The van der Waals surface area contributed by atoms with Crippen molar-refractivity contribution in [3.05, 3.63) is 112 Å². The molecular formula is C36H36N6O5S2. The molecule has 0 bridgehead atoms. The van der Waals surface area contributed by atoms with E-state index in [2.05, 4.69) is 39.8 Å². The van der Waals surface area contributed by atoms with Crippen molar-refractivity contribution < 1.29 is 23.8 Å². The number of thiophene rings is 1. The molecule has 13 heteroatoms. The Labute approximate surface area is 292 Å². The molecule has 5 aromatic rings. The van der Waals surface area contributed by atoms with Crippen molar-refractivity contribution in [2.75, 3.05) is 26.6 Å². The lowest BCUT2D eigenvalue weighted by Crippen LogP contribution is -2.28. The minimum Gasteiger partial charge on any atom is -0.497 e. The van der Waals surface area contributed by atoms with Gasteiger partial charge < -0.3 is 19.5 Å². The van der Waals surface area contributed by atoms with Crippen LogP contribution < -0.4 is 19.5 Å². The van der Waals surface area contributed by atoms with Crippen LogP contribution in [0.4, 0.5) is 0 Å². The van der Waals surface area contributed by atoms with Gasteiger partial charge in [-0.1, -0.05) is 47.7 Å². The quantitative estimate of drug-likeness (QED) is 0.140. The maximum absolute atomic E-state index is 13.9. The van der Waals surface area contributed by atoms with Crippen molar-refractivity contribution in [2.24, 2.45) is 5.10 Å². The van der Waals surface area contributed by atoms with Gasteiger partial charge in [-0.05, 0) is 67.3 Å². The highest BCUT2D eigenvalue weighted by atomic mass is 32.2. The number of nitrogens with zero attached hydrogens (tertiary/aromatic N) is 5. The third kappa shape index (κ3) is 7.79. The van der Waals surface area contributed by atoms with Crippen LogP contribution in [-0.4, -0.2) is 63.9 Å². The van der Waals surface area contributed by atoms with E-state index >= 15 is 0 Å². The average Bonchev–Trinajstić information content (AvgIpc) is 3.91. The van der Waals surface area contributed by atoms with Crippen LogP contribution in [0, 0.1) is 6.92 Å². The molecule has 0 radical (unpaired) electrons. The number of carbonyl (C=O) groups is 2. The number of nitrogens with one attached hydrogen (secondary N) is 1. The van der Waals surface area contributed by atoms with Crippen LogP contribution >= 0.6 is 23.1 Å². The first kappa shape index (κ1) is 33.7. The van der Waals surface area contributed by atoms with Crippen molar-refractivity contribution in [1.82, 2.24) is 25.1 Å². The minimum absolute atomic E-state index is 0.0726. The van der Waals surface area contributed by atoms with Gasteiger partial charge in [-0.3, -0.25) is 14.2 Å². The monoisotopic (exact) mass is 696 g/mol. The Morgan fingerprint density at radius 1 is 0.959 bits per heavy atom. The molecule has 6 rings (SSSR count). The highest BCUT2D eigenvalue weighted by Crippen LogP contribution is 2.35. The van der Waals surface area contributed by atoms with E-state index in [-0.39, 0.29) is 30.2 Å². The molecule has 11 nitrogen and oxygen atoms in total. The number of hydrazone groups is 1. The van der Waals surface area contributed by atoms with Crippen LogP contribution in [0.3, 0.4) is 0 Å². The number of hydrogen-bond acceptors (Lipinski definition) is 10. The standard InChI is InChI=1S/C36H36N6O5S2/c1-5-47-27-14-12-26(13-15-27)41-33(21-37-35(44)25-17-28(45-3)19-29(18-25)46-4)38-39-36(41)49-22-34(43)42-31(24-10-8-23(2)9-11-24)20-30(40-42)32-7-6-16-48-32/h6-19,31H,5,20-22H2,1-4H3,(H,37,44)/t31-/m1/s1. The zero-order chi connectivity index (χ0) is 34.3. The summed E-state index contributed by atoms with van der Waals surface area (Å²) in [6.45, 7) is 4.58. The van der Waals surface area contributed by atoms with Gasteiger partial charge in [0.1, 0.15) is 17.2 Å². The van der Waals surface area contributed by atoms with E-state index in [1.54, 1.807) is 34.5 Å². The van der Waals surface area contributed by atoms with E-state index in [1.807, 2.05) is 60.2 Å². The molecule has 2 aromatic heterocycles. The summed E-state index contributed by atoms with van der Waals surface area (Å²) in [5.41, 5.74) is 4.21. The first-order chi connectivity index (χ1) is 23.9. The molecular weight excluding hydrogens is 661 g/mol. The van der Waals surface area contributed by atoms with Crippen LogP contribution in [0.15, 0.2) is 94.5 Å². The number of benzene rings is 3. The highest BCUT2D eigenvalue weighted by molar-refractivity contribution is 7.99. The fourth-order valence-electron chi connectivity index (χ4n) is 5.40. The molecule has 0 unspecified atom stereocenters. The second-order valence-electron chi connectivity index (χ2n) is 11.1. The average molecular weight is 697 g/mol. The summed E-state index contributed by atoms with van der Waals surface area (Å²) < 4.78 is 18.1. The minimum atomic E-state index is -0.335. The smallest absolute Gasteiger partial charge is 0.253 e. The summed E-state index contributed by atoms with van der Waals surface area (Å²) >= 11 is 2.88. The number of aryl methyl sites for hydroxylation is 1. The van der Waals surface area contributed by atoms with E-state index in [0.717, 1.165) is 33.2 Å². The molecule has 0 saturated heterocycles. The molecule has 1 N–H and O–H groups in total. The van der Waals surface area contributed by atoms with Crippen LogP contribution in [-0.2, 0) is 11.3 Å². The van der Waals surface area contributed by atoms with Crippen molar-refractivity contribution in [1.29, 1.82) is 0 Å². The fourth-order valence-corrected chi connectivity index (χ4v) is 6.94. The third-order valence-electron chi connectivity index (χ3n) is 7.89. The van der Waals surface area contributed by atoms with Gasteiger partial charge in [0, 0.05) is 23.7 Å². The van der Waals surface area contributed by atoms with Crippen LogP contribution in [0.25, 0.3) is 5.69 Å². The molecule has 0 spiro atoms. The maximum atomic E-state index is 13.9. The highest BCUT2D eigenvalue weighted by Gasteiger charge is 2.33. The second-order valence-corrected chi connectivity index (χ2v) is 13.0. The van der Waals surface area contributed by atoms with Crippen LogP contribution in [0.2, 0.25) is 0 Å². The fraction of sp³-hybridized carbons (Fsp3) is 0.250. The molecule has 1 atom stereocenters. The Kier molecular flexibility index (Phi) is 10.6. The first-order valence-corrected chi connectivity index (χ1v) is 17.5. The number of hydrogen-bond donors (Lipinski definition) is 1. The number of carbonyl (C=O) groups excluding carboxylic acids is 2. The van der Waals surface area contributed by atoms with Gasteiger partial charge in [0.25, 0.3) is 11.8 Å². The maximum Gasteiger partial charge on any atom is 0.253 e. The number of ether oxygens (including phenoxy) is 3. The summed E-state index contributed by atoms with van der Waals surface area (Å²) in [6.07, 6.45) is 0.630. The van der Waals surface area contributed by atoms with E-state index in [4.69, 9.17) is 19.3 Å². The topological polar surface area (TPSA) is 120 Å². The van der Waals surface area contributed by atoms with Crippen molar-refractivity contribution >= 4 is 40.6 Å². The van der Waals surface area contributed by atoms with Gasteiger partial charge >= 0.3 is 0 Å². The van der Waals surface area contributed by atoms with Crippen molar-refractivity contribution in [3.63, 3.8) is 0 Å². The lowest BCUT2D eigenvalue weighted by atomic mass is 10.00.